The van der Waals surface area contributed by atoms with Crippen LogP contribution in [0.1, 0.15) is 12.8 Å². The third-order valence-electron chi connectivity index (χ3n) is 1.41. The van der Waals surface area contributed by atoms with Crippen molar-refractivity contribution < 1.29 is 0 Å². The molecule has 1 saturated heterocycles. The molecule has 2 radical (unpaired) electrons. The molecule has 0 unspecified atom stereocenters. The zero-order valence-electron chi connectivity index (χ0n) is 5.24. The molecule has 0 spiro atoms. The summed E-state index contributed by atoms with van der Waals surface area (Å²) in [5, 5.41) is 3.41. The number of rotatable bonds is 0. The van der Waals surface area contributed by atoms with E-state index in [2.05, 4.69) is 5.32 Å². The van der Waals surface area contributed by atoms with Crippen LogP contribution in [0.15, 0.2) is 0 Å². The van der Waals surface area contributed by atoms with Gasteiger partial charge in [-0.05, 0) is 0 Å². The molecular weight excluding hydrogens is 205 g/mol. The molecule has 1 rings (SSSR count). The number of hydrogen-bond donors (Lipinski definition) is 1. The van der Waals surface area contributed by atoms with Crippen LogP contribution in [0.3, 0.4) is 0 Å². The van der Waals surface area contributed by atoms with E-state index in [0.717, 1.165) is 0 Å². The van der Waals surface area contributed by atoms with Gasteiger partial charge in [0.1, 0.15) is 0 Å². The minimum absolute atomic E-state index is 0.177. The third kappa shape index (κ3) is 2.92. The molecule has 1 heterocycles. The summed E-state index contributed by atoms with van der Waals surface area (Å²) in [7, 11) is 0. The van der Waals surface area contributed by atoms with Gasteiger partial charge in [-0.15, -0.1) is 0 Å². The van der Waals surface area contributed by atoms with E-state index in [1.807, 2.05) is 0 Å². The van der Waals surface area contributed by atoms with E-state index in [0.29, 0.717) is 0 Å². The number of hydrogen-bond acceptors (Lipinski definition) is 1. The van der Waals surface area contributed by atoms with E-state index in [-0.39, 0.29) is 21.1 Å². The second-order valence-electron chi connectivity index (χ2n) is 2.21. The standard InChI is InChI=1S/C6H13N.Sn/c1-3-5-7-6-4-2;/h7H,1-6H2;. The molecule has 0 atom stereocenters. The van der Waals surface area contributed by atoms with Gasteiger partial charge in [0.05, 0.1) is 0 Å². The summed E-state index contributed by atoms with van der Waals surface area (Å²) < 4.78 is 3.22. The Hall–Kier alpha value is 0.759. The molecule has 1 aliphatic heterocycles. The van der Waals surface area contributed by atoms with E-state index < -0.39 is 0 Å². The van der Waals surface area contributed by atoms with Crippen molar-refractivity contribution in [2.24, 2.45) is 0 Å². The Bertz CT molecular complexity index is 32.5. The summed E-state index contributed by atoms with van der Waals surface area (Å²) in [6.45, 7) is 2.58. The van der Waals surface area contributed by atoms with Crippen LogP contribution in [0.2, 0.25) is 8.87 Å². The van der Waals surface area contributed by atoms with Crippen LogP contribution in [-0.4, -0.2) is 34.2 Å². The Balaban J connectivity index is 2.00. The van der Waals surface area contributed by atoms with Crippen molar-refractivity contribution in [1.82, 2.24) is 5.32 Å². The molecule has 0 amide bonds. The van der Waals surface area contributed by atoms with Crippen LogP contribution >= 0.6 is 0 Å². The van der Waals surface area contributed by atoms with Gasteiger partial charge in [0.25, 0.3) is 0 Å². The quantitative estimate of drug-likeness (QED) is 0.595. The average Bonchev–Trinajstić information content (AvgIpc) is 1.62. The first-order valence-electron chi connectivity index (χ1n) is 3.41. The normalized spacial score (nSPS) is 24.0. The molecule has 1 nitrogen and oxygen atoms in total. The maximum atomic E-state index is 3.41. The van der Waals surface area contributed by atoms with E-state index in [1.54, 1.807) is 8.87 Å². The van der Waals surface area contributed by atoms with E-state index in [1.165, 1.54) is 25.9 Å². The number of nitrogens with one attached hydrogen (secondary N) is 1. The molecule has 0 aromatic heterocycles. The molecule has 1 fully saturated rings. The fraction of sp³-hybridized carbons (Fsp3) is 1.00. The van der Waals surface area contributed by atoms with Gasteiger partial charge in [-0.3, -0.25) is 0 Å². The molecule has 0 aliphatic carbocycles. The molecule has 1 aliphatic rings. The predicted octanol–water partition coefficient (Wildman–Crippen LogP) is 0.911. The molecule has 0 saturated carbocycles. The Morgan fingerprint density at radius 3 is 2.25 bits per heavy atom. The zero-order chi connectivity index (χ0) is 5.66. The summed E-state index contributed by atoms with van der Waals surface area (Å²) in [6.07, 6.45) is 2.93. The maximum absolute atomic E-state index is 3.41. The summed E-state index contributed by atoms with van der Waals surface area (Å²) in [4.78, 5) is 0. The van der Waals surface area contributed by atoms with Gasteiger partial charge in [-0.2, -0.15) is 0 Å². The fourth-order valence-electron chi connectivity index (χ4n) is 0.927. The summed E-state index contributed by atoms with van der Waals surface area (Å²) in [5.41, 5.74) is 0. The summed E-state index contributed by atoms with van der Waals surface area (Å²) >= 11 is 0.177. The second-order valence-corrected chi connectivity index (χ2v) is 6.49. The SMILES string of the molecule is C1CNCC[CH2][Sn][CH2]1. The summed E-state index contributed by atoms with van der Waals surface area (Å²) in [6, 6.07) is 0. The first-order valence-corrected chi connectivity index (χ1v) is 7.45. The molecule has 2 heteroatoms. The predicted molar refractivity (Wildman–Crippen MR) is 37.5 cm³/mol. The van der Waals surface area contributed by atoms with Crippen molar-refractivity contribution >= 4 is 21.1 Å². The molecule has 8 heavy (non-hydrogen) atoms. The molecule has 0 aromatic carbocycles. The van der Waals surface area contributed by atoms with Gasteiger partial charge in [-0.25, -0.2) is 0 Å². The van der Waals surface area contributed by atoms with Crippen LogP contribution in [0.25, 0.3) is 0 Å². The van der Waals surface area contributed by atoms with Gasteiger partial charge in [0.2, 0.25) is 0 Å². The van der Waals surface area contributed by atoms with Gasteiger partial charge >= 0.3 is 61.3 Å². The van der Waals surface area contributed by atoms with Crippen LogP contribution in [0, 0.1) is 0 Å². The monoisotopic (exact) mass is 219 g/mol. The fourth-order valence-corrected chi connectivity index (χ4v) is 4.08. The van der Waals surface area contributed by atoms with Crippen LogP contribution < -0.4 is 5.32 Å². The minimum atomic E-state index is 0.177. The van der Waals surface area contributed by atoms with Crippen LogP contribution in [0.5, 0.6) is 0 Å². The van der Waals surface area contributed by atoms with Gasteiger partial charge in [-0.1, -0.05) is 0 Å². The first-order chi connectivity index (χ1) is 4.00. The Morgan fingerprint density at radius 2 is 1.62 bits per heavy atom. The van der Waals surface area contributed by atoms with Crippen molar-refractivity contribution in [3.8, 4) is 0 Å². The van der Waals surface area contributed by atoms with E-state index >= 15 is 0 Å². The Kier molecular flexibility index (Phi) is 3.97. The second kappa shape index (κ2) is 4.62. The van der Waals surface area contributed by atoms with Crippen molar-refractivity contribution in [2.45, 2.75) is 21.7 Å². The van der Waals surface area contributed by atoms with Crippen molar-refractivity contribution in [3.63, 3.8) is 0 Å². The van der Waals surface area contributed by atoms with Crippen molar-refractivity contribution in [2.75, 3.05) is 13.1 Å². The topological polar surface area (TPSA) is 12.0 Å². The van der Waals surface area contributed by atoms with Gasteiger partial charge in [0, 0.05) is 0 Å². The zero-order valence-corrected chi connectivity index (χ0v) is 8.10. The van der Waals surface area contributed by atoms with Crippen LogP contribution in [0.4, 0.5) is 0 Å². The van der Waals surface area contributed by atoms with E-state index in [4.69, 9.17) is 0 Å². The molecule has 0 aromatic rings. The average molecular weight is 218 g/mol. The Labute approximate surface area is 61.5 Å². The Morgan fingerprint density at radius 1 is 1.00 bits per heavy atom. The van der Waals surface area contributed by atoms with E-state index in [9.17, 15) is 0 Å². The van der Waals surface area contributed by atoms with Crippen LogP contribution in [-0.2, 0) is 0 Å². The molecule has 1 N–H and O–H groups in total. The molecular formula is C6H13NSn. The van der Waals surface area contributed by atoms with Gasteiger partial charge in [0.15, 0.2) is 0 Å². The first kappa shape index (κ1) is 6.87. The van der Waals surface area contributed by atoms with Crippen molar-refractivity contribution in [1.29, 1.82) is 0 Å². The molecule has 46 valence electrons. The van der Waals surface area contributed by atoms with Crippen molar-refractivity contribution in [3.05, 3.63) is 0 Å². The molecule has 0 bridgehead atoms. The summed E-state index contributed by atoms with van der Waals surface area (Å²) in [5.74, 6) is 0. The van der Waals surface area contributed by atoms with Gasteiger partial charge < -0.3 is 0 Å². The third-order valence-corrected chi connectivity index (χ3v) is 5.45.